The van der Waals surface area contributed by atoms with Crippen LogP contribution >= 0.6 is 0 Å². The third-order valence-corrected chi connectivity index (χ3v) is 6.18. The summed E-state index contributed by atoms with van der Waals surface area (Å²) in [7, 11) is 2.92. The van der Waals surface area contributed by atoms with E-state index in [1.165, 1.54) is 7.11 Å². The number of amides is 2. The first-order valence-electron chi connectivity index (χ1n) is 11.4. The topological polar surface area (TPSA) is 84.9 Å². The van der Waals surface area contributed by atoms with Gasteiger partial charge in [0.2, 0.25) is 0 Å². The molecule has 1 heterocycles. The molecule has 0 unspecified atom stereocenters. The number of anilines is 1. The van der Waals surface area contributed by atoms with Gasteiger partial charge in [0.15, 0.2) is 0 Å². The number of esters is 1. The first-order chi connectivity index (χ1) is 16.8. The number of carbonyl (C=O) groups is 3. The zero-order valence-electron chi connectivity index (χ0n) is 20.2. The molecule has 3 aromatic rings. The van der Waals surface area contributed by atoms with Crippen molar-refractivity contribution < 1.29 is 23.9 Å². The van der Waals surface area contributed by atoms with Crippen LogP contribution in [0.4, 0.5) is 5.69 Å². The maximum atomic E-state index is 13.2. The lowest BCUT2D eigenvalue weighted by Crippen LogP contribution is -2.45. The third-order valence-electron chi connectivity index (χ3n) is 6.18. The van der Waals surface area contributed by atoms with E-state index < -0.39 is 12.0 Å². The van der Waals surface area contributed by atoms with Crippen LogP contribution in [0.2, 0.25) is 0 Å². The van der Waals surface area contributed by atoms with Crippen LogP contribution in [0.1, 0.15) is 40.1 Å². The van der Waals surface area contributed by atoms with E-state index in [0.29, 0.717) is 29.1 Å². The fraction of sp³-hybridized carbons (Fsp3) is 0.250. The Morgan fingerprint density at radius 1 is 0.914 bits per heavy atom. The molecule has 0 saturated heterocycles. The van der Waals surface area contributed by atoms with E-state index in [4.69, 9.17) is 9.47 Å². The van der Waals surface area contributed by atoms with Crippen LogP contribution in [0, 0.1) is 5.92 Å². The van der Waals surface area contributed by atoms with Gasteiger partial charge in [0.1, 0.15) is 11.8 Å². The molecule has 0 bridgehead atoms. The molecule has 35 heavy (non-hydrogen) atoms. The SMILES string of the molecule is COC(=O)[C@H](C(C)C)N1Cc2ccc(-c3ccc(NC(=O)c4ccc(OC)cc4)cc3)cc2C1=O. The van der Waals surface area contributed by atoms with Gasteiger partial charge in [-0.15, -0.1) is 0 Å². The Morgan fingerprint density at radius 2 is 1.57 bits per heavy atom. The minimum Gasteiger partial charge on any atom is -0.497 e. The van der Waals surface area contributed by atoms with Gasteiger partial charge in [-0.1, -0.05) is 38.1 Å². The highest BCUT2D eigenvalue weighted by atomic mass is 16.5. The van der Waals surface area contributed by atoms with Gasteiger partial charge < -0.3 is 19.7 Å². The molecular formula is C28H28N2O5. The van der Waals surface area contributed by atoms with Crippen LogP contribution in [0.25, 0.3) is 11.1 Å². The lowest BCUT2D eigenvalue weighted by Gasteiger charge is -2.28. The Bertz CT molecular complexity index is 1250. The number of fused-ring (bicyclic) bond motifs is 1. The van der Waals surface area contributed by atoms with Gasteiger partial charge >= 0.3 is 5.97 Å². The monoisotopic (exact) mass is 472 g/mol. The van der Waals surface area contributed by atoms with Gasteiger partial charge in [-0.2, -0.15) is 0 Å². The van der Waals surface area contributed by atoms with Crippen molar-refractivity contribution in [3.63, 3.8) is 0 Å². The molecule has 0 aliphatic carbocycles. The van der Waals surface area contributed by atoms with Crippen molar-refractivity contribution in [3.8, 4) is 16.9 Å². The zero-order chi connectivity index (χ0) is 25.1. The number of rotatable bonds is 7. The fourth-order valence-electron chi connectivity index (χ4n) is 4.30. The van der Waals surface area contributed by atoms with Crippen molar-refractivity contribution in [2.75, 3.05) is 19.5 Å². The molecule has 180 valence electrons. The zero-order valence-corrected chi connectivity index (χ0v) is 20.2. The predicted octanol–water partition coefficient (Wildman–Crippen LogP) is 4.77. The maximum absolute atomic E-state index is 13.2. The Morgan fingerprint density at radius 3 is 2.17 bits per heavy atom. The van der Waals surface area contributed by atoms with Crippen LogP contribution in [-0.4, -0.2) is 42.9 Å². The number of methoxy groups -OCH3 is 2. The van der Waals surface area contributed by atoms with Crippen molar-refractivity contribution in [2.45, 2.75) is 26.4 Å². The van der Waals surface area contributed by atoms with Gasteiger partial charge in [-0.3, -0.25) is 9.59 Å². The standard InChI is InChI=1S/C28H28N2O5/c1-17(2)25(28(33)35-4)30-16-21-6-5-20(15-24(21)27(30)32)18-7-11-22(12-8-18)29-26(31)19-9-13-23(34-3)14-10-19/h5-15,17,25H,16H2,1-4H3,(H,29,31)/t25-/m0/s1. The highest BCUT2D eigenvalue weighted by molar-refractivity contribution is 6.04. The Balaban J connectivity index is 1.50. The summed E-state index contributed by atoms with van der Waals surface area (Å²) in [5.74, 6) is -0.176. The average molecular weight is 473 g/mol. The van der Waals surface area contributed by atoms with E-state index in [-0.39, 0.29) is 17.7 Å². The second-order valence-electron chi connectivity index (χ2n) is 8.78. The molecule has 1 N–H and O–H groups in total. The predicted molar refractivity (Wildman–Crippen MR) is 133 cm³/mol. The Labute approximate surface area is 204 Å². The van der Waals surface area contributed by atoms with Crippen molar-refractivity contribution in [1.82, 2.24) is 4.90 Å². The smallest absolute Gasteiger partial charge is 0.328 e. The summed E-state index contributed by atoms with van der Waals surface area (Å²) in [6.07, 6.45) is 0. The molecule has 0 radical (unpaired) electrons. The molecule has 4 rings (SSSR count). The van der Waals surface area contributed by atoms with Crippen molar-refractivity contribution in [3.05, 3.63) is 83.4 Å². The van der Waals surface area contributed by atoms with Crippen molar-refractivity contribution >= 4 is 23.5 Å². The van der Waals surface area contributed by atoms with E-state index in [2.05, 4.69) is 5.32 Å². The van der Waals surface area contributed by atoms with Crippen LogP contribution in [0.15, 0.2) is 66.7 Å². The molecule has 0 saturated carbocycles. The molecule has 1 aliphatic heterocycles. The number of carbonyl (C=O) groups excluding carboxylic acids is 3. The molecule has 0 spiro atoms. The molecule has 7 nitrogen and oxygen atoms in total. The number of hydrogen-bond acceptors (Lipinski definition) is 5. The minimum absolute atomic E-state index is 0.0687. The fourth-order valence-corrected chi connectivity index (χ4v) is 4.30. The largest absolute Gasteiger partial charge is 0.497 e. The Hall–Kier alpha value is -4.13. The molecular weight excluding hydrogens is 444 g/mol. The van der Waals surface area contributed by atoms with Gasteiger partial charge in [-0.25, -0.2) is 4.79 Å². The lowest BCUT2D eigenvalue weighted by molar-refractivity contribution is -0.147. The highest BCUT2D eigenvalue weighted by Gasteiger charge is 2.38. The van der Waals surface area contributed by atoms with Gasteiger partial charge in [0.25, 0.3) is 11.8 Å². The molecule has 1 atom stereocenters. The summed E-state index contributed by atoms with van der Waals surface area (Å²) in [5, 5.41) is 2.88. The summed E-state index contributed by atoms with van der Waals surface area (Å²) >= 11 is 0. The highest BCUT2D eigenvalue weighted by Crippen LogP contribution is 2.32. The van der Waals surface area contributed by atoms with Gasteiger partial charge in [0, 0.05) is 23.4 Å². The minimum atomic E-state index is -0.628. The summed E-state index contributed by atoms with van der Waals surface area (Å²) in [4.78, 5) is 39.6. The van der Waals surface area contributed by atoms with Gasteiger partial charge in [-0.05, 0) is 65.1 Å². The van der Waals surface area contributed by atoms with Gasteiger partial charge in [0.05, 0.1) is 14.2 Å². The van der Waals surface area contributed by atoms with E-state index in [0.717, 1.165) is 16.7 Å². The summed E-state index contributed by atoms with van der Waals surface area (Å²) < 4.78 is 10.1. The average Bonchev–Trinajstić information content (AvgIpc) is 3.19. The molecule has 1 aliphatic rings. The van der Waals surface area contributed by atoms with Crippen LogP contribution < -0.4 is 10.1 Å². The maximum Gasteiger partial charge on any atom is 0.328 e. The van der Waals surface area contributed by atoms with E-state index >= 15 is 0 Å². The molecule has 0 fully saturated rings. The van der Waals surface area contributed by atoms with Crippen LogP contribution in [0.3, 0.4) is 0 Å². The first-order valence-corrected chi connectivity index (χ1v) is 11.4. The molecule has 7 heteroatoms. The number of nitrogens with one attached hydrogen (secondary N) is 1. The van der Waals surface area contributed by atoms with E-state index in [1.807, 2.05) is 56.3 Å². The number of benzene rings is 3. The third kappa shape index (κ3) is 4.89. The number of hydrogen-bond donors (Lipinski definition) is 1. The molecule has 0 aromatic heterocycles. The Kier molecular flexibility index (Phi) is 6.87. The summed E-state index contributed by atoms with van der Waals surface area (Å²) in [5.41, 5.74) is 4.46. The van der Waals surface area contributed by atoms with E-state index in [9.17, 15) is 14.4 Å². The normalized spacial score (nSPS) is 13.4. The quantitative estimate of drug-likeness (QED) is 0.501. The van der Waals surface area contributed by atoms with Crippen molar-refractivity contribution in [2.24, 2.45) is 5.92 Å². The van der Waals surface area contributed by atoms with Crippen molar-refractivity contribution in [1.29, 1.82) is 0 Å². The van der Waals surface area contributed by atoms with E-state index in [1.54, 1.807) is 36.3 Å². The second kappa shape index (κ2) is 10.0. The first kappa shape index (κ1) is 24.0. The van der Waals surface area contributed by atoms with Crippen LogP contribution in [-0.2, 0) is 16.1 Å². The summed E-state index contributed by atoms with van der Waals surface area (Å²) in [6, 6.07) is 19.4. The lowest BCUT2D eigenvalue weighted by atomic mass is 10.00. The number of nitrogens with zero attached hydrogens (tertiary/aromatic N) is 1. The molecule has 2 amide bonds. The molecule has 3 aromatic carbocycles. The second-order valence-corrected chi connectivity index (χ2v) is 8.78. The van der Waals surface area contributed by atoms with Crippen LogP contribution in [0.5, 0.6) is 5.75 Å². The number of ether oxygens (including phenoxy) is 2. The summed E-state index contributed by atoms with van der Waals surface area (Å²) in [6.45, 7) is 4.18.